The topological polar surface area (TPSA) is 76.4 Å². The fourth-order valence-electron chi connectivity index (χ4n) is 3.32. The van der Waals surface area contributed by atoms with Crippen molar-refractivity contribution >= 4 is 5.97 Å². The van der Waals surface area contributed by atoms with E-state index in [-0.39, 0.29) is 12.0 Å². The molecule has 1 aliphatic carbocycles. The van der Waals surface area contributed by atoms with E-state index in [4.69, 9.17) is 4.74 Å². The number of rotatable bonds is 6. The quantitative estimate of drug-likeness (QED) is 0.852. The van der Waals surface area contributed by atoms with Gasteiger partial charge in [-0.1, -0.05) is 24.6 Å². The Kier molecular flexibility index (Phi) is 5.15. The van der Waals surface area contributed by atoms with Gasteiger partial charge in [-0.05, 0) is 31.4 Å². The summed E-state index contributed by atoms with van der Waals surface area (Å²) < 4.78 is 7.31. The van der Waals surface area contributed by atoms with Gasteiger partial charge in [0.15, 0.2) is 0 Å². The molecule has 2 N–H and O–H groups in total. The van der Waals surface area contributed by atoms with E-state index in [0.29, 0.717) is 18.8 Å². The number of methoxy groups -OCH3 is 1. The van der Waals surface area contributed by atoms with Gasteiger partial charge in [0.1, 0.15) is 0 Å². The van der Waals surface area contributed by atoms with Gasteiger partial charge in [0.25, 0.3) is 0 Å². The smallest absolute Gasteiger partial charge is 0.306 e. The number of benzene rings is 1. The van der Waals surface area contributed by atoms with Crippen LogP contribution in [0.25, 0.3) is 5.69 Å². The average molecular weight is 329 g/mol. The summed E-state index contributed by atoms with van der Waals surface area (Å²) in [4.78, 5) is 11.2. The lowest BCUT2D eigenvalue weighted by Crippen LogP contribution is -2.36. The van der Waals surface area contributed by atoms with Crippen LogP contribution in [0.5, 0.6) is 5.88 Å². The van der Waals surface area contributed by atoms with Crippen molar-refractivity contribution in [1.29, 1.82) is 0 Å². The number of carbonyl (C=O) groups is 1. The zero-order valence-electron chi connectivity index (χ0n) is 13.8. The van der Waals surface area contributed by atoms with E-state index in [1.807, 2.05) is 30.3 Å². The molecule has 3 rings (SSSR count). The lowest BCUT2D eigenvalue weighted by Gasteiger charge is -2.27. The Balaban J connectivity index is 1.68. The molecule has 0 amide bonds. The molecule has 1 heterocycles. The second kappa shape index (κ2) is 7.49. The normalized spacial score (nSPS) is 20.7. The molecule has 1 fully saturated rings. The van der Waals surface area contributed by atoms with E-state index in [9.17, 15) is 9.90 Å². The SMILES string of the molecule is COc1c(CN[C@@H]2CCC[C@H](C(=O)O)C2)cnn1-c1ccccc1. The summed E-state index contributed by atoms with van der Waals surface area (Å²) in [7, 11) is 1.64. The molecule has 0 spiro atoms. The van der Waals surface area contributed by atoms with Crippen LogP contribution >= 0.6 is 0 Å². The van der Waals surface area contributed by atoms with Crippen LogP contribution in [0.15, 0.2) is 36.5 Å². The molecule has 1 aliphatic rings. The van der Waals surface area contributed by atoms with Crippen molar-refractivity contribution in [3.8, 4) is 11.6 Å². The number of hydrogen-bond acceptors (Lipinski definition) is 4. The first-order valence-electron chi connectivity index (χ1n) is 8.31. The molecule has 6 nitrogen and oxygen atoms in total. The Morgan fingerprint density at radius 2 is 2.17 bits per heavy atom. The van der Waals surface area contributed by atoms with Gasteiger partial charge < -0.3 is 15.2 Å². The van der Waals surface area contributed by atoms with Gasteiger partial charge in [0.05, 0.1) is 24.9 Å². The van der Waals surface area contributed by atoms with Crippen molar-refractivity contribution in [2.75, 3.05) is 7.11 Å². The number of aliphatic carboxylic acids is 1. The highest BCUT2D eigenvalue weighted by atomic mass is 16.5. The van der Waals surface area contributed by atoms with Gasteiger partial charge in [-0.2, -0.15) is 5.10 Å². The summed E-state index contributed by atoms with van der Waals surface area (Å²) >= 11 is 0. The van der Waals surface area contributed by atoms with E-state index < -0.39 is 5.97 Å². The van der Waals surface area contributed by atoms with Crippen LogP contribution in [0, 0.1) is 5.92 Å². The predicted molar refractivity (Wildman–Crippen MR) is 90.3 cm³/mol. The fraction of sp³-hybridized carbons (Fsp3) is 0.444. The minimum absolute atomic E-state index is 0.227. The maximum absolute atomic E-state index is 11.2. The second-order valence-electron chi connectivity index (χ2n) is 6.21. The molecular formula is C18H23N3O3. The Hall–Kier alpha value is -2.34. The first-order valence-corrected chi connectivity index (χ1v) is 8.31. The largest absolute Gasteiger partial charge is 0.481 e. The molecular weight excluding hydrogens is 306 g/mol. The van der Waals surface area contributed by atoms with E-state index in [1.165, 1.54) is 0 Å². The summed E-state index contributed by atoms with van der Waals surface area (Å²) in [6.07, 6.45) is 5.23. The summed E-state index contributed by atoms with van der Waals surface area (Å²) in [5.41, 5.74) is 1.92. The summed E-state index contributed by atoms with van der Waals surface area (Å²) in [6.45, 7) is 0.618. The molecule has 1 saturated carbocycles. The number of hydrogen-bond donors (Lipinski definition) is 2. The number of carboxylic acid groups (broad SMARTS) is 1. The van der Waals surface area contributed by atoms with Crippen molar-refractivity contribution in [3.05, 3.63) is 42.1 Å². The Bertz CT molecular complexity index is 684. The molecule has 0 aliphatic heterocycles. The zero-order valence-corrected chi connectivity index (χ0v) is 13.8. The molecule has 0 bridgehead atoms. The number of carboxylic acids is 1. The van der Waals surface area contributed by atoms with Gasteiger partial charge in [-0.15, -0.1) is 0 Å². The Labute approximate surface area is 141 Å². The van der Waals surface area contributed by atoms with E-state index in [1.54, 1.807) is 18.0 Å². The van der Waals surface area contributed by atoms with Crippen LogP contribution in [-0.2, 0) is 11.3 Å². The van der Waals surface area contributed by atoms with Crippen LogP contribution < -0.4 is 10.1 Å². The highest BCUT2D eigenvalue weighted by Gasteiger charge is 2.27. The molecule has 24 heavy (non-hydrogen) atoms. The molecule has 0 radical (unpaired) electrons. The molecule has 6 heteroatoms. The Morgan fingerprint density at radius 1 is 1.38 bits per heavy atom. The molecule has 2 atom stereocenters. The van der Waals surface area contributed by atoms with Crippen LogP contribution in [0.4, 0.5) is 0 Å². The number of ether oxygens (including phenoxy) is 1. The highest BCUT2D eigenvalue weighted by Crippen LogP contribution is 2.26. The third-order valence-electron chi connectivity index (χ3n) is 4.59. The average Bonchev–Trinajstić information content (AvgIpc) is 3.04. The Morgan fingerprint density at radius 3 is 2.88 bits per heavy atom. The van der Waals surface area contributed by atoms with Gasteiger partial charge in [0.2, 0.25) is 5.88 Å². The molecule has 128 valence electrons. The van der Waals surface area contributed by atoms with Crippen molar-refractivity contribution in [2.45, 2.75) is 38.3 Å². The van der Waals surface area contributed by atoms with Gasteiger partial charge in [-0.25, -0.2) is 4.68 Å². The minimum atomic E-state index is -0.684. The number of para-hydroxylation sites is 1. The number of nitrogens with zero attached hydrogens (tertiary/aromatic N) is 2. The van der Waals surface area contributed by atoms with Crippen molar-refractivity contribution in [3.63, 3.8) is 0 Å². The van der Waals surface area contributed by atoms with Crippen molar-refractivity contribution in [1.82, 2.24) is 15.1 Å². The number of aromatic nitrogens is 2. The molecule has 0 saturated heterocycles. The molecule has 2 aromatic rings. The molecule has 1 aromatic heterocycles. The standard InChI is InChI=1S/C18H23N3O3/c1-24-17-14(12-20-21(17)16-8-3-2-4-9-16)11-19-15-7-5-6-13(10-15)18(22)23/h2-4,8-9,12-13,15,19H,5-7,10-11H2,1H3,(H,22,23)/t13-,15+/m0/s1. The van der Waals surface area contributed by atoms with E-state index >= 15 is 0 Å². The highest BCUT2D eigenvalue weighted by molar-refractivity contribution is 5.70. The monoisotopic (exact) mass is 329 g/mol. The van der Waals surface area contributed by atoms with Gasteiger partial charge >= 0.3 is 5.97 Å². The second-order valence-corrected chi connectivity index (χ2v) is 6.21. The molecule has 1 aromatic carbocycles. The van der Waals surface area contributed by atoms with Crippen LogP contribution in [0.1, 0.15) is 31.2 Å². The van der Waals surface area contributed by atoms with Crippen molar-refractivity contribution in [2.24, 2.45) is 5.92 Å². The zero-order chi connectivity index (χ0) is 16.9. The number of nitrogens with one attached hydrogen (secondary N) is 1. The minimum Gasteiger partial charge on any atom is -0.481 e. The predicted octanol–water partition coefficient (Wildman–Crippen LogP) is 2.61. The lowest BCUT2D eigenvalue weighted by molar-refractivity contribution is -0.143. The first-order chi connectivity index (χ1) is 11.7. The van der Waals surface area contributed by atoms with Gasteiger partial charge in [-0.3, -0.25) is 4.79 Å². The van der Waals surface area contributed by atoms with E-state index in [2.05, 4.69) is 10.4 Å². The maximum Gasteiger partial charge on any atom is 0.306 e. The van der Waals surface area contributed by atoms with Crippen molar-refractivity contribution < 1.29 is 14.6 Å². The maximum atomic E-state index is 11.2. The summed E-state index contributed by atoms with van der Waals surface area (Å²) in [5.74, 6) is -0.208. The third kappa shape index (κ3) is 3.59. The summed E-state index contributed by atoms with van der Waals surface area (Å²) in [5, 5.41) is 17.1. The van der Waals surface area contributed by atoms with Crippen LogP contribution in [0.2, 0.25) is 0 Å². The first kappa shape index (κ1) is 16.5. The van der Waals surface area contributed by atoms with Gasteiger partial charge in [0, 0.05) is 18.2 Å². The lowest BCUT2D eigenvalue weighted by atomic mass is 9.86. The van der Waals surface area contributed by atoms with Crippen LogP contribution in [-0.4, -0.2) is 34.0 Å². The molecule has 0 unspecified atom stereocenters. The summed E-state index contributed by atoms with van der Waals surface area (Å²) in [6, 6.07) is 10.1. The van der Waals surface area contributed by atoms with Crippen LogP contribution in [0.3, 0.4) is 0 Å². The fourth-order valence-corrected chi connectivity index (χ4v) is 3.32. The third-order valence-corrected chi connectivity index (χ3v) is 4.59. The van der Waals surface area contributed by atoms with E-state index in [0.717, 1.165) is 30.5 Å².